The van der Waals surface area contributed by atoms with E-state index in [9.17, 15) is 9.59 Å². The third-order valence-corrected chi connectivity index (χ3v) is 1.64. The van der Waals surface area contributed by atoms with E-state index in [0.717, 1.165) is 0 Å². The minimum absolute atomic E-state index is 0.128. The molecule has 0 aromatic carbocycles. The van der Waals surface area contributed by atoms with Gasteiger partial charge in [-0.2, -0.15) is 0 Å². The van der Waals surface area contributed by atoms with Gasteiger partial charge in [0.25, 0.3) is 0 Å². The maximum atomic E-state index is 10.9. The van der Waals surface area contributed by atoms with E-state index >= 15 is 0 Å². The van der Waals surface area contributed by atoms with Crippen LogP contribution >= 0.6 is 0 Å². The highest BCUT2D eigenvalue weighted by atomic mass is 16.8. The zero-order chi connectivity index (χ0) is 8.55. The second-order valence-electron chi connectivity index (χ2n) is 2.34. The van der Waals surface area contributed by atoms with Gasteiger partial charge in [-0.3, -0.25) is 0 Å². The Balaban J connectivity index is 2.08. The Kier molecular flexibility index (Phi) is 1.70. The highest BCUT2D eigenvalue weighted by molar-refractivity contribution is 5.86. The molecule has 0 bridgehead atoms. The average molecular weight is 174 g/mol. The van der Waals surface area contributed by atoms with Crippen LogP contribution in [0.3, 0.4) is 0 Å². The van der Waals surface area contributed by atoms with Crippen LogP contribution in [0, 0.1) is 0 Å². The van der Waals surface area contributed by atoms with Crippen LogP contribution in [0.2, 0.25) is 0 Å². The number of hydrogen-bond donors (Lipinski definition) is 0. The fourth-order valence-electron chi connectivity index (χ4n) is 1.05. The molecule has 0 N–H and O–H groups in total. The van der Waals surface area contributed by atoms with E-state index in [2.05, 4.69) is 9.47 Å². The van der Waals surface area contributed by atoms with Crippen molar-refractivity contribution in [2.45, 2.75) is 12.2 Å². The lowest BCUT2D eigenvalue weighted by Gasteiger charge is -2.07. The van der Waals surface area contributed by atoms with Crippen molar-refractivity contribution in [1.29, 1.82) is 0 Å². The van der Waals surface area contributed by atoms with E-state index in [4.69, 9.17) is 9.47 Å². The molecule has 2 rings (SSSR count). The predicted octanol–water partition coefficient (Wildman–Crippen LogP) is -1.21. The van der Waals surface area contributed by atoms with Gasteiger partial charge in [0.15, 0.2) is 25.8 Å². The Bertz CT molecular complexity index is 200. The Hall–Kier alpha value is -1.14. The van der Waals surface area contributed by atoms with Gasteiger partial charge >= 0.3 is 11.9 Å². The molecule has 6 heteroatoms. The molecule has 0 aromatic rings. The molecule has 6 nitrogen and oxygen atoms in total. The Labute approximate surface area is 67.3 Å². The molecule has 0 radical (unpaired) electrons. The van der Waals surface area contributed by atoms with Gasteiger partial charge in [0.2, 0.25) is 0 Å². The summed E-state index contributed by atoms with van der Waals surface area (Å²) in [4.78, 5) is 21.7. The number of hydrogen-bond acceptors (Lipinski definition) is 6. The van der Waals surface area contributed by atoms with Crippen molar-refractivity contribution in [1.82, 2.24) is 0 Å². The number of esters is 2. The first kappa shape index (κ1) is 7.51. The van der Waals surface area contributed by atoms with E-state index in [1.54, 1.807) is 0 Å². The van der Waals surface area contributed by atoms with Crippen molar-refractivity contribution < 1.29 is 28.5 Å². The molecule has 12 heavy (non-hydrogen) atoms. The highest BCUT2D eigenvalue weighted by Gasteiger charge is 2.44. The summed E-state index contributed by atoms with van der Waals surface area (Å²) in [5.41, 5.74) is 0. The normalized spacial score (nSPS) is 35.0. The topological polar surface area (TPSA) is 71.1 Å². The third kappa shape index (κ3) is 1.05. The van der Waals surface area contributed by atoms with Crippen LogP contribution < -0.4 is 0 Å². The predicted molar refractivity (Wildman–Crippen MR) is 31.7 cm³/mol. The van der Waals surface area contributed by atoms with Crippen LogP contribution in [0.5, 0.6) is 0 Å². The molecule has 0 saturated carbocycles. The van der Waals surface area contributed by atoms with Crippen LogP contribution in [-0.4, -0.2) is 37.7 Å². The van der Waals surface area contributed by atoms with Crippen molar-refractivity contribution >= 4 is 11.9 Å². The van der Waals surface area contributed by atoms with Crippen LogP contribution in [-0.2, 0) is 28.5 Å². The molecule has 0 unspecified atom stereocenters. The fraction of sp³-hybridized carbons (Fsp3) is 0.667. The Morgan fingerprint density at radius 1 is 0.917 bits per heavy atom. The summed E-state index contributed by atoms with van der Waals surface area (Å²) >= 11 is 0. The monoisotopic (exact) mass is 174 g/mol. The van der Waals surface area contributed by atoms with Gasteiger partial charge in [0, 0.05) is 0 Å². The lowest BCUT2D eigenvalue weighted by Crippen LogP contribution is -2.36. The van der Waals surface area contributed by atoms with Gasteiger partial charge in [-0.1, -0.05) is 0 Å². The largest absolute Gasteiger partial charge is 0.436 e. The summed E-state index contributed by atoms with van der Waals surface area (Å²) in [6.45, 7) is -0.257. The van der Waals surface area contributed by atoms with Gasteiger partial charge in [-0.05, 0) is 0 Å². The van der Waals surface area contributed by atoms with Gasteiger partial charge in [0.1, 0.15) is 0 Å². The average Bonchev–Trinajstić information content (AvgIpc) is 2.59. The van der Waals surface area contributed by atoms with E-state index in [1.807, 2.05) is 0 Å². The molecule has 66 valence electrons. The first-order chi connectivity index (χ1) is 5.79. The Morgan fingerprint density at radius 3 is 1.58 bits per heavy atom. The molecule has 0 aliphatic carbocycles. The summed E-state index contributed by atoms with van der Waals surface area (Å²) in [7, 11) is 0. The summed E-state index contributed by atoms with van der Waals surface area (Å²) in [5, 5.41) is 0. The maximum Gasteiger partial charge on any atom is 0.340 e. The van der Waals surface area contributed by atoms with Crippen molar-refractivity contribution in [3.63, 3.8) is 0 Å². The first-order valence-electron chi connectivity index (χ1n) is 3.35. The van der Waals surface area contributed by atoms with Gasteiger partial charge in [-0.15, -0.1) is 0 Å². The van der Waals surface area contributed by atoms with Crippen molar-refractivity contribution in [2.24, 2.45) is 0 Å². The zero-order valence-electron chi connectivity index (χ0n) is 6.02. The molecular formula is C6H6O6. The maximum absolute atomic E-state index is 10.9. The van der Waals surface area contributed by atoms with Crippen molar-refractivity contribution in [3.05, 3.63) is 0 Å². The first-order valence-corrected chi connectivity index (χ1v) is 3.35. The fourth-order valence-corrected chi connectivity index (χ4v) is 1.05. The minimum Gasteiger partial charge on any atom is -0.436 e. The number of ether oxygens (including phenoxy) is 4. The summed E-state index contributed by atoms with van der Waals surface area (Å²) in [6, 6.07) is 0. The lowest BCUT2D eigenvalue weighted by molar-refractivity contribution is -0.147. The molecule has 0 spiro atoms. The van der Waals surface area contributed by atoms with Crippen LogP contribution in [0.4, 0.5) is 0 Å². The van der Waals surface area contributed by atoms with E-state index in [1.165, 1.54) is 0 Å². The highest BCUT2D eigenvalue weighted by Crippen LogP contribution is 2.17. The van der Waals surface area contributed by atoms with Crippen LogP contribution in [0.1, 0.15) is 0 Å². The standard InChI is InChI=1S/C6H6O6/c7-5-3(9-1-11-5)4-6(8)12-2-10-4/h3-4H,1-2H2/t3-,4+. The second kappa shape index (κ2) is 2.72. The lowest BCUT2D eigenvalue weighted by atomic mass is 10.2. The Morgan fingerprint density at radius 2 is 1.33 bits per heavy atom. The van der Waals surface area contributed by atoms with E-state index in [0.29, 0.717) is 0 Å². The molecule has 2 fully saturated rings. The SMILES string of the molecule is O=C1OCO[C@H]1[C@H]1OCOC1=O. The molecule has 2 aliphatic heterocycles. The van der Waals surface area contributed by atoms with Gasteiger partial charge in [0.05, 0.1) is 0 Å². The van der Waals surface area contributed by atoms with E-state index in [-0.39, 0.29) is 13.6 Å². The summed E-state index contributed by atoms with van der Waals surface area (Å²) in [6.07, 6.45) is -1.92. The number of rotatable bonds is 1. The van der Waals surface area contributed by atoms with Crippen molar-refractivity contribution in [2.75, 3.05) is 13.6 Å². The van der Waals surface area contributed by atoms with Crippen LogP contribution in [0.15, 0.2) is 0 Å². The number of carbonyl (C=O) groups excluding carboxylic acids is 2. The molecule has 2 aliphatic rings. The number of cyclic esters (lactones) is 2. The van der Waals surface area contributed by atoms with Crippen molar-refractivity contribution in [3.8, 4) is 0 Å². The summed E-state index contributed by atoms with van der Waals surface area (Å²) < 4.78 is 18.6. The quantitative estimate of drug-likeness (QED) is 0.464. The van der Waals surface area contributed by atoms with E-state index < -0.39 is 24.1 Å². The minimum atomic E-state index is -0.958. The molecular weight excluding hydrogens is 168 g/mol. The number of carbonyl (C=O) groups is 2. The molecule has 2 saturated heterocycles. The molecule has 2 atom stereocenters. The van der Waals surface area contributed by atoms with Gasteiger partial charge < -0.3 is 18.9 Å². The summed E-state index contributed by atoms with van der Waals surface area (Å²) in [5.74, 6) is -1.17. The molecule has 2 heterocycles. The van der Waals surface area contributed by atoms with Crippen LogP contribution in [0.25, 0.3) is 0 Å². The smallest absolute Gasteiger partial charge is 0.340 e. The van der Waals surface area contributed by atoms with Gasteiger partial charge in [-0.25, -0.2) is 9.59 Å². The molecule has 0 amide bonds. The second-order valence-corrected chi connectivity index (χ2v) is 2.34. The zero-order valence-corrected chi connectivity index (χ0v) is 6.02. The third-order valence-electron chi connectivity index (χ3n) is 1.64. The molecule has 0 aromatic heterocycles.